The zero-order chi connectivity index (χ0) is 15.6. The number of nitrogens with zero attached hydrogens (tertiary/aromatic N) is 2. The minimum atomic E-state index is -1.00. The Morgan fingerprint density at radius 2 is 1.95 bits per heavy atom. The van der Waals surface area contributed by atoms with Crippen LogP contribution in [0, 0.1) is 6.92 Å². The number of carboxylic acid groups (broad SMARTS) is 1. The first-order chi connectivity index (χ1) is 9.75. The fourth-order valence-electron chi connectivity index (χ4n) is 1.70. The van der Waals surface area contributed by atoms with E-state index in [4.69, 9.17) is 4.74 Å². The molecule has 0 bridgehead atoms. The van der Waals surface area contributed by atoms with E-state index in [9.17, 15) is 9.90 Å². The number of carboxylic acids is 1. The third-order valence-corrected chi connectivity index (χ3v) is 2.92. The average molecular weight is 286 g/mol. The van der Waals surface area contributed by atoms with Crippen LogP contribution in [-0.4, -0.2) is 21.0 Å². The molecule has 0 fully saturated rings. The summed E-state index contributed by atoms with van der Waals surface area (Å²) < 4.78 is 5.62. The predicted molar refractivity (Wildman–Crippen MR) is 78.9 cm³/mol. The van der Waals surface area contributed by atoms with Gasteiger partial charge >= 0.3 is 5.97 Å². The highest BCUT2D eigenvalue weighted by molar-refractivity contribution is 5.88. The van der Waals surface area contributed by atoms with Crippen LogP contribution >= 0.6 is 0 Å². The second kappa shape index (κ2) is 5.52. The molecule has 0 saturated carbocycles. The Morgan fingerprint density at radius 3 is 2.48 bits per heavy atom. The molecule has 21 heavy (non-hydrogen) atoms. The van der Waals surface area contributed by atoms with E-state index < -0.39 is 5.97 Å². The summed E-state index contributed by atoms with van der Waals surface area (Å²) >= 11 is 0. The molecule has 2 rings (SSSR count). The van der Waals surface area contributed by atoms with Gasteiger partial charge in [0.1, 0.15) is 5.75 Å². The zero-order valence-electron chi connectivity index (χ0n) is 12.5. The lowest BCUT2D eigenvalue weighted by Crippen LogP contribution is -2.15. The van der Waals surface area contributed by atoms with Crippen LogP contribution in [0.25, 0.3) is 0 Å². The van der Waals surface area contributed by atoms with Crippen LogP contribution in [-0.2, 0) is 5.41 Å². The maximum Gasteiger partial charge on any atom is 0.335 e. The molecule has 0 aliphatic rings. The van der Waals surface area contributed by atoms with E-state index >= 15 is 0 Å². The highest BCUT2D eigenvalue weighted by Gasteiger charge is 2.19. The zero-order valence-corrected chi connectivity index (χ0v) is 12.5. The monoisotopic (exact) mass is 286 g/mol. The Morgan fingerprint density at radius 1 is 1.24 bits per heavy atom. The smallest absolute Gasteiger partial charge is 0.335 e. The molecule has 2 aromatic rings. The van der Waals surface area contributed by atoms with Crippen LogP contribution < -0.4 is 4.74 Å². The van der Waals surface area contributed by atoms with Crippen molar-refractivity contribution in [3.8, 4) is 11.6 Å². The van der Waals surface area contributed by atoms with Crippen LogP contribution in [0.15, 0.2) is 30.5 Å². The highest BCUT2D eigenvalue weighted by Crippen LogP contribution is 2.26. The van der Waals surface area contributed by atoms with E-state index in [1.165, 1.54) is 6.07 Å². The number of pyridine rings is 2. The molecule has 0 saturated heterocycles. The standard InChI is InChI=1S/C16H18N2O3/c1-10-5-6-12(9-17-10)21-14-8-11(15(19)20)7-13(18-14)16(2,3)4/h5-9H,1-4H3,(H,19,20). The first-order valence-electron chi connectivity index (χ1n) is 6.62. The van der Waals surface area contributed by atoms with Gasteiger partial charge in [0.2, 0.25) is 5.88 Å². The van der Waals surface area contributed by atoms with Gasteiger partial charge in [0, 0.05) is 17.2 Å². The fourth-order valence-corrected chi connectivity index (χ4v) is 1.70. The molecule has 0 atom stereocenters. The van der Waals surface area contributed by atoms with Gasteiger partial charge in [-0.1, -0.05) is 20.8 Å². The summed E-state index contributed by atoms with van der Waals surface area (Å²) in [5.41, 5.74) is 1.43. The number of aryl methyl sites for hydroxylation is 1. The summed E-state index contributed by atoms with van der Waals surface area (Å²) in [4.78, 5) is 19.8. The normalized spacial score (nSPS) is 11.2. The Kier molecular flexibility index (Phi) is 3.93. The van der Waals surface area contributed by atoms with Gasteiger partial charge in [-0.2, -0.15) is 0 Å². The molecule has 0 amide bonds. The van der Waals surface area contributed by atoms with Crippen LogP contribution in [0.3, 0.4) is 0 Å². The summed E-state index contributed by atoms with van der Waals surface area (Å²) in [6.07, 6.45) is 1.58. The Bertz CT molecular complexity index is 658. The van der Waals surface area contributed by atoms with Gasteiger partial charge in [-0.25, -0.2) is 9.78 Å². The molecular formula is C16H18N2O3. The number of rotatable bonds is 3. The Labute approximate surface area is 123 Å². The SMILES string of the molecule is Cc1ccc(Oc2cc(C(=O)O)cc(C(C)(C)C)n2)cn1. The molecule has 110 valence electrons. The average Bonchev–Trinajstić information content (AvgIpc) is 2.40. The molecule has 0 spiro atoms. The highest BCUT2D eigenvalue weighted by atomic mass is 16.5. The summed E-state index contributed by atoms with van der Waals surface area (Å²) in [7, 11) is 0. The van der Waals surface area contributed by atoms with Gasteiger partial charge in [-0.15, -0.1) is 0 Å². The lowest BCUT2D eigenvalue weighted by atomic mass is 9.91. The molecule has 1 N–H and O–H groups in total. The number of ether oxygens (including phenoxy) is 1. The van der Waals surface area contributed by atoms with E-state index in [0.717, 1.165) is 5.69 Å². The molecule has 0 aromatic carbocycles. The van der Waals surface area contributed by atoms with Crippen molar-refractivity contribution in [3.63, 3.8) is 0 Å². The number of hydrogen-bond acceptors (Lipinski definition) is 4. The third kappa shape index (κ3) is 3.78. The number of aromatic nitrogens is 2. The van der Waals surface area contributed by atoms with E-state index in [1.54, 1.807) is 18.3 Å². The number of carbonyl (C=O) groups is 1. The van der Waals surface area contributed by atoms with Crippen molar-refractivity contribution in [2.24, 2.45) is 0 Å². The molecule has 5 heteroatoms. The molecule has 2 heterocycles. The lowest BCUT2D eigenvalue weighted by Gasteiger charge is -2.19. The van der Waals surface area contributed by atoms with Crippen LogP contribution in [0.4, 0.5) is 0 Å². The van der Waals surface area contributed by atoms with Crippen molar-refractivity contribution in [2.75, 3.05) is 0 Å². The van der Waals surface area contributed by atoms with Crippen LogP contribution in [0.2, 0.25) is 0 Å². The molecule has 0 radical (unpaired) electrons. The van der Waals surface area contributed by atoms with Crippen molar-refractivity contribution in [3.05, 3.63) is 47.4 Å². The van der Waals surface area contributed by atoms with Crippen molar-refractivity contribution >= 4 is 5.97 Å². The van der Waals surface area contributed by atoms with E-state index in [0.29, 0.717) is 11.4 Å². The maximum absolute atomic E-state index is 11.2. The summed E-state index contributed by atoms with van der Waals surface area (Å²) in [6.45, 7) is 7.79. The summed E-state index contributed by atoms with van der Waals surface area (Å²) in [5, 5.41) is 9.21. The van der Waals surface area contributed by atoms with E-state index in [2.05, 4.69) is 9.97 Å². The summed E-state index contributed by atoms with van der Waals surface area (Å²) in [5.74, 6) is -0.226. The molecule has 5 nitrogen and oxygen atoms in total. The largest absolute Gasteiger partial charge is 0.478 e. The maximum atomic E-state index is 11.2. The quantitative estimate of drug-likeness (QED) is 0.933. The minimum Gasteiger partial charge on any atom is -0.478 e. The number of aromatic carboxylic acids is 1. The third-order valence-electron chi connectivity index (χ3n) is 2.92. The van der Waals surface area contributed by atoms with Crippen molar-refractivity contribution in [1.29, 1.82) is 0 Å². The van der Waals surface area contributed by atoms with Gasteiger partial charge < -0.3 is 9.84 Å². The first-order valence-corrected chi connectivity index (χ1v) is 6.62. The molecule has 0 unspecified atom stereocenters. The van der Waals surface area contributed by atoms with Crippen LogP contribution in [0.5, 0.6) is 11.6 Å². The molecular weight excluding hydrogens is 268 g/mol. The Hall–Kier alpha value is -2.43. The van der Waals surface area contributed by atoms with E-state index in [1.807, 2.05) is 33.8 Å². The second-order valence-electron chi connectivity index (χ2n) is 5.87. The van der Waals surface area contributed by atoms with Crippen molar-refractivity contribution in [1.82, 2.24) is 9.97 Å². The van der Waals surface area contributed by atoms with Gasteiger partial charge in [-0.05, 0) is 25.1 Å². The first kappa shape index (κ1) is 15.0. The predicted octanol–water partition coefficient (Wildman–Crippen LogP) is 3.57. The van der Waals surface area contributed by atoms with Gasteiger partial charge in [0.25, 0.3) is 0 Å². The van der Waals surface area contributed by atoms with Crippen LogP contribution in [0.1, 0.15) is 42.5 Å². The van der Waals surface area contributed by atoms with Gasteiger partial charge in [0.05, 0.1) is 17.5 Å². The molecule has 0 aliphatic carbocycles. The Balaban J connectivity index is 2.40. The fraction of sp³-hybridized carbons (Fsp3) is 0.312. The van der Waals surface area contributed by atoms with E-state index in [-0.39, 0.29) is 16.9 Å². The van der Waals surface area contributed by atoms with Gasteiger partial charge in [-0.3, -0.25) is 4.98 Å². The second-order valence-corrected chi connectivity index (χ2v) is 5.87. The summed E-state index contributed by atoms with van der Waals surface area (Å²) in [6, 6.07) is 6.58. The minimum absolute atomic E-state index is 0.157. The van der Waals surface area contributed by atoms with Crippen molar-refractivity contribution < 1.29 is 14.6 Å². The molecule has 2 aromatic heterocycles. The lowest BCUT2D eigenvalue weighted by molar-refractivity contribution is 0.0696. The molecule has 0 aliphatic heterocycles. The topological polar surface area (TPSA) is 72.3 Å². The number of hydrogen-bond donors (Lipinski definition) is 1. The van der Waals surface area contributed by atoms with Gasteiger partial charge in [0.15, 0.2) is 0 Å². The van der Waals surface area contributed by atoms with Crippen molar-refractivity contribution in [2.45, 2.75) is 33.1 Å².